The third kappa shape index (κ3) is 3.77. The van der Waals surface area contributed by atoms with Gasteiger partial charge in [-0.15, -0.1) is 11.3 Å². The quantitative estimate of drug-likeness (QED) is 0.787. The van der Waals surface area contributed by atoms with Crippen LogP contribution in [0, 0.1) is 13.8 Å². The predicted molar refractivity (Wildman–Crippen MR) is 80.3 cm³/mol. The second-order valence-electron chi connectivity index (χ2n) is 4.70. The SMILES string of the molecule is Cc1nc(C)c(C(=O)N2CCC(OCCBr)CC2)s1. The molecule has 1 aromatic rings. The molecular weight excluding hydrogens is 328 g/mol. The van der Waals surface area contributed by atoms with Crippen molar-refractivity contribution in [3.05, 3.63) is 15.6 Å². The van der Waals surface area contributed by atoms with Crippen LogP contribution in [-0.4, -0.2) is 46.9 Å². The summed E-state index contributed by atoms with van der Waals surface area (Å²) in [5, 5.41) is 1.82. The molecule has 0 atom stereocenters. The van der Waals surface area contributed by atoms with Crippen LogP contribution in [-0.2, 0) is 4.74 Å². The monoisotopic (exact) mass is 346 g/mol. The molecule has 1 aromatic heterocycles. The molecule has 2 rings (SSSR count). The van der Waals surface area contributed by atoms with Crippen molar-refractivity contribution in [1.82, 2.24) is 9.88 Å². The van der Waals surface area contributed by atoms with Crippen LogP contribution < -0.4 is 0 Å². The summed E-state index contributed by atoms with van der Waals surface area (Å²) < 4.78 is 5.70. The Hall–Kier alpha value is -0.460. The van der Waals surface area contributed by atoms with Gasteiger partial charge in [-0.3, -0.25) is 4.79 Å². The first kappa shape index (κ1) is 14.9. The van der Waals surface area contributed by atoms with Gasteiger partial charge in [0, 0.05) is 18.4 Å². The lowest BCUT2D eigenvalue weighted by atomic mass is 10.1. The van der Waals surface area contributed by atoms with Crippen molar-refractivity contribution >= 4 is 33.2 Å². The topological polar surface area (TPSA) is 42.4 Å². The fourth-order valence-corrected chi connectivity index (χ4v) is 3.38. The summed E-state index contributed by atoms with van der Waals surface area (Å²) in [6.07, 6.45) is 2.15. The minimum absolute atomic E-state index is 0.127. The standard InChI is InChI=1S/C13H19BrN2O2S/c1-9-12(19-10(2)15-9)13(17)16-6-3-11(4-7-16)18-8-5-14/h11H,3-8H2,1-2H3. The average Bonchev–Trinajstić information content (AvgIpc) is 2.75. The molecule has 1 aliphatic heterocycles. The van der Waals surface area contributed by atoms with Gasteiger partial charge in [0.05, 0.1) is 23.4 Å². The normalized spacial score (nSPS) is 16.9. The molecule has 0 aliphatic carbocycles. The summed E-state index contributed by atoms with van der Waals surface area (Å²) in [5.74, 6) is 0.127. The van der Waals surface area contributed by atoms with Crippen LogP contribution in [0.5, 0.6) is 0 Å². The number of hydrogen-bond donors (Lipinski definition) is 0. The van der Waals surface area contributed by atoms with Gasteiger partial charge in [-0.2, -0.15) is 0 Å². The Balaban J connectivity index is 1.91. The van der Waals surface area contributed by atoms with Crippen LogP contribution in [0.2, 0.25) is 0 Å². The molecule has 0 radical (unpaired) electrons. The minimum Gasteiger partial charge on any atom is -0.377 e. The van der Waals surface area contributed by atoms with Crippen LogP contribution in [0.25, 0.3) is 0 Å². The van der Waals surface area contributed by atoms with Gasteiger partial charge >= 0.3 is 0 Å². The van der Waals surface area contributed by atoms with Gasteiger partial charge in [-0.25, -0.2) is 4.98 Å². The Morgan fingerprint density at radius 2 is 2.16 bits per heavy atom. The smallest absolute Gasteiger partial charge is 0.265 e. The molecule has 1 saturated heterocycles. The largest absolute Gasteiger partial charge is 0.377 e. The highest BCUT2D eigenvalue weighted by Crippen LogP contribution is 2.22. The molecule has 0 unspecified atom stereocenters. The summed E-state index contributed by atoms with van der Waals surface area (Å²) in [5.41, 5.74) is 0.852. The Morgan fingerprint density at radius 1 is 1.47 bits per heavy atom. The van der Waals surface area contributed by atoms with E-state index in [1.165, 1.54) is 11.3 Å². The van der Waals surface area contributed by atoms with Gasteiger partial charge in [0.15, 0.2) is 0 Å². The van der Waals surface area contributed by atoms with Crippen LogP contribution >= 0.6 is 27.3 Å². The first-order chi connectivity index (χ1) is 9.11. The Labute approximate surface area is 126 Å². The Kier molecular flexibility index (Phi) is 5.36. The molecule has 1 amide bonds. The van der Waals surface area contributed by atoms with Crippen LogP contribution in [0.1, 0.15) is 33.2 Å². The molecule has 106 valence electrons. The van der Waals surface area contributed by atoms with Crippen molar-refractivity contribution < 1.29 is 9.53 Å². The van der Waals surface area contributed by atoms with Crippen molar-refractivity contribution in [2.24, 2.45) is 0 Å². The van der Waals surface area contributed by atoms with E-state index in [0.717, 1.165) is 53.4 Å². The molecule has 2 heterocycles. The lowest BCUT2D eigenvalue weighted by Gasteiger charge is -2.31. The number of alkyl halides is 1. The molecule has 0 aromatic carbocycles. The lowest BCUT2D eigenvalue weighted by Crippen LogP contribution is -2.41. The fraction of sp³-hybridized carbons (Fsp3) is 0.692. The van der Waals surface area contributed by atoms with E-state index in [4.69, 9.17) is 4.74 Å². The number of likely N-dealkylation sites (tertiary alicyclic amines) is 1. The number of ether oxygens (including phenoxy) is 1. The zero-order valence-corrected chi connectivity index (χ0v) is 13.7. The van der Waals surface area contributed by atoms with Crippen LogP contribution in [0.4, 0.5) is 0 Å². The van der Waals surface area contributed by atoms with Gasteiger partial charge in [0.2, 0.25) is 0 Å². The molecular formula is C13H19BrN2O2S. The predicted octanol–water partition coefficient (Wildman–Crippen LogP) is 2.78. The number of piperidine rings is 1. The van der Waals surface area contributed by atoms with E-state index in [9.17, 15) is 4.79 Å². The summed E-state index contributed by atoms with van der Waals surface area (Å²) in [6, 6.07) is 0. The first-order valence-corrected chi connectivity index (χ1v) is 8.46. The van der Waals surface area contributed by atoms with Gasteiger partial charge in [-0.05, 0) is 26.7 Å². The minimum atomic E-state index is 0.127. The van der Waals surface area contributed by atoms with Crippen LogP contribution in [0.3, 0.4) is 0 Å². The summed E-state index contributed by atoms with van der Waals surface area (Å²) >= 11 is 4.85. The first-order valence-electron chi connectivity index (χ1n) is 6.52. The van der Waals surface area contributed by atoms with Crippen LogP contribution in [0.15, 0.2) is 0 Å². The molecule has 0 N–H and O–H groups in total. The van der Waals surface area contributed by atoms with Crippen molar-refractivity contribution in [3.63, 3.8) is 0 Å². The number of hydrogen-bond acceptors (Lipinski definition) is 4. The number of carbonyl (C=O) groups is 1. The molecule has 0 saturated carbocycles. The average molecular weight is 347 g/mol. The number of rotatable bonds is 4. The van der Waals surface area contributed by atoms with Crippen molar-refractivity contribution in [1.29, 1.82) is 0 Å². The molecule has 0 bridgehead atoms. The molecule has 6 heteroatoms. The van der Waals surface area contributed by atoms with E-state index in [1.54, 1.807) is 0 Å². The highest BCUT2D eigenvalue weighted by molar-refractivity contribution is 9.09. The number of amides is 1. The van der Waals surface area contributed by atoms with Gasteiger partial charge in [0.25, 0.3) is 5.91 Å². The van der Waals surface area contributed by atoms with Crippen molar-refractivity contribution in [2.75, 3.05) is 25.0 Å². The number of thiazole rings is 1. The van der Waals surface area contributed by atoms with E-state index in [0.29, 0.717) is 6.10 Å². The van der Waals surface area contributed by atoms with Gasteiger partial charge in [-0.1, -0.05) is 15.9 Å². The highest BCUT2D eigenvalue weighted by Gasteiger charge is 2.26. The van der Waals surface area contributed by atoms with Crippen molar-refractivity contribution in [2.45, 2.75) is 32.8 Å². The second-order valence-corrected chi connectivity index (χ2v) is 6.69. The summed E-state index contributed by atoms with van der Waals surface area (Å²) in [6.45, 7) is 6.15. The second kappa shape index (κ2) is 6.81. The lowest BCUT2D eigenvalue weighted by molar-refractivity contribution is 0.0161. The Morgan fingerprint density at radius 3 is 2.68 bits per heavy atom. The molecule has 0 spiro atoms. The van der Waals surface area contributed by atoms with E-state index in [2.05, 4.69) is 20.9 Å². The molecule has 1 aliphatic rings. The fourth-order valence-electron chi connectivity index (χ4n) is 2.31. The zero-order valence-electron chi connectivity index (χ0n) is 11.3. The van der Waals surface area contributed by atoms with Gasteiger partial charge in [0.1, 0.15) is 4.88 Å². The number of aromatic nitrogens is 1. The number of halogens is 1. The van der Waals surface area contributed by atoms with Crippen molar-refractivity contribution in [3.8, 4) is 0 Å². The van der Waals surface area contributed by atoms with E-state index >= 15 is 0 Å². The third-order valence-electron chi connectivity index (χ3n) is 3.26. The Bertz CT molecular complexity index is 442. The van der Waals surface area contributed by atoms with E-state index in [-0.39, 0.29) is 5.91 Å². The molecule has 1 fully saturated rings. The molecule has 19 heavy (non-hydrogen) atoms. The number of nitrogens with zero attached hydrogens (tertiary/aromatic N) is 2. The summed E-state index contributed by atoms with van der Waals surface area (Å²) in [4.78, 5) is 19.4. The van der Waals surface area contributed by atoms with Gasteiger partial charge < -0.3 is 9.64 Å². The highest BCUT2D eigenvalue weighted by atomic mass is 79.9. The number of carbonyl (C=O) groups excluding carboxylic acids is 1. The van der Waals surface area contributed by atoms with E-state index in [1.807, 2.05) is 18.7 Å². The third-order valence-corrected chi connectivity index (χ3v) is 4.64. The maximum atomic E-state index is 12.4. The maximum Gasteiger partial charge on any atom is 0.265 e. The summed E-state index contributed by atoms with van der Waals surface area (Å²) in [7, 11) is 0. The van der Waals surface area contributed by atoms with E-state index < -0.39 is 0 Å². The maximum absolute atomic E-state index is 12.4. The molecule has 4 nitrogen and oxygen atoms in total. The number of aryl methyl sites for hydroxylation is 2. The zero-order chi connectivity index (χ0) is 13.8.